The molecule has 1 aliphatic carbocycles. The Balaban J connectivity index is 2.26. The summed E-state index contributed by atoms with van der Waals surface area (Å²) in [5.41, 5.74) is 2.47. The SMILES string of the molecule is Cc1ccc([N+](=O)[O-])cc1NC1C(C)(C)C1(C)C. The summed E-state index contributed by atoms with van der Waals surface area (Å²) in [5.74, 6) is 0. The first kappa shape index (κ1) is 12.9. The summed E-state index contributed by atoms with van der Waals surface area (Å²) < 4.78 is 0. The first-order chi connectivity index (χ1) is 8.18. The van der Waals surface area contributed by atoms with Gasteiger partial charge in [0.1, 0.15) is 0 Å². The highest BCUT2D eigenvalue weighted by Crippen LogP contribution is 2.63. The minimum absolute atomic E-state index is 0.138. The van der Waals surface area contributed by atoms with Crippen LogP contribution in [0.15, 0.2) is 18.2 Å². The molecule has 0 aliphatic heterocycles. The maximum atomic E-state index is 10.8. The number of nitro benzene ring substituents is 1. The van der Waals surface area contributed by atoms with Crippen LogP contribution in [0.25, 0.3) is 0 Å². The quantitative estimate of drug-likeness (QED) is 0.654. The van der Waals surface area contributed by atoms with Gasteiger partial charge in [-0.15, -0.1) is 0 Å². The van der Waals surface area contributed by atoms with Crippen molar-refractivity contribution in [1.29, 1.82) is 0 Å². The third-order valence-corrected chi connectivity index (χ3v) is 4.75. The standard InChI is InChI=1S/C14H20N2O2/c1-9-6-7-10(16(17)18)8-11(9)15-12-13(2,3)14(12,4)5/h6-8,12,15H,1-5H3. The first-order valence-corrected chi connectivity index (χ1v) is 6.19. The Morgan fingerprint density at radius 3 is 2.22 bits per heavy atom. The van der Waals surface area contributed by atoms with Crippen molar-refractivity contribution in [3.63, 3.8) is 0 Å². The number of aryl methyl sites for hydroxylation is 1. The van der Waals surface area contributed by atoms with Crippen LogP contribution < -0.4 is 5.32 Å². The average molecular weight is 248 g/mol. The number of hydrogen-bond acceptors (Lipinski definition) is 3. The molecule has 0 spiro atoms. The van der Waals surface area contributed by atoms with E-state index in [9.17, 15) is 10.1 Å². The Bertz CT molecular complexity index is 493. The van der Waals surface area contributed by atoms with Gasteiger partial charge in [-0.05, 0) is 23.3 Å². The smallest absolute Gasteiger partial charge is 0.271 e. The van der Waals surface area contributed by atoms with Gasteiger partial charge >= 0.3 is 0 Å². The van der Waals surface area contributed by atoms with Gasteiger partial charge in [0.2, 0.25) is 0 Å². The topological polar surface area (TPSA) is 55.2 Å². The fourth-order valence-electron chi connectivity index (χ4n) is 2.59. The summed E-state index contributed by atoms with van der Waals surface area (Å²) in [5, 5.41) is 14.3. The second-order valence-electron chi connectivity index (χ2n) is 6.28. The predicted molar refractivity (Wildman–Crippen MR) is 72.8 cm³/mol. The highest BCUT2D eigenvalue weighted by molar-refractivity contribution is 5.59. The molecule has 1 N–H and O–H groups in total. The van der Waals surface area contributed by atoms with Crippen molar-refractivity contribution in [2.45, 2.75) is 40.7 Å². The van der Waals surface area contributed by atoms with Crippen LogP contribution in [0.5, 0.6) is 0 Å². The maximum Gasteiger partial charge on any atom is 0.271 e. The average Bonchev–Trinajstić information content (AvgIpc) is 2.63. The second-order valence-corrected chi connectivity index (χ2v) is 6.28. The van der Waals surface area contributed by atoms with E-state index in [0.29, 0.717) is 6.04 Å². The molecule has 0 atom stereocenters. The molecule has 0 saturated heterocycles. The zero-order chi connectivity index (χ0) is 13.7. The van der Waals surface area contributed by atoms with E-state index in [0.717, 1.165) is 11.3 Å². The van der Waals surface area contributed by atoms with Crippen LogP contribution in [0.4, 0.5) is 11.4 Å². The van der Waals surface area contributed by atoms with E-state index in [1.807, 2.05) is 6.92 Å². The van der Waals surface area contributed by atoms with Gasteiger partial charge in [-0.3, -0.25) is 10.1 Å². The van der Waals surface area contributed by atoms with Gasteiger partial charge in [-0.2, -0.15) is 0 Å². The van der Waals surface area contributed by atoms with Crippen molar-refractivity contribution in [3.05, 3.63) is 33.9 Å². The second kappa shape index (κ2) is 3.70. The number of hydrogen-bond donors (Lipinski definition) is 1. The van der Waals surface area contributed by atoms with Crippen molar-refractivity contribution in [1.82, 2.24) is 0 Å². The molecular formula is C14H20N2O2. The summed E-state index contributed by atoms with van der Waals surface area (Å²) in [6.45, 7) is 10.8. The lowest BCUT2D eigenvalue weighted by molar-refractivity contribution is -0.384. The van der Waals surface area contributed by atoms with Crippen molar-refractivity contribution < 1.29 is 4.92 Å². The Labute approximate surface area is 108 Å². The highest BCUT2D eigenvalue weighted by atomic mass is 16.6. The van der Waals surface area contributed by atoms with Crippen LogP contribution in [0.1, 0.15) is 33.3 Å². The molecule has 4 heteroatoms. The number of non-ortho nitro benzene ring substituents is 1. The van der Waals surface area contributed by atoms with Crippen LogP contribution >= 0.6 is 0 Å². The summed E-state index contributed by atoms with van der Waals surface area (Å²) in [4.78, 5) is 10.4. The molecule has 1 aliphatic rings. The van der Waals surface area contributed by atoms with E-state index in [1.54, 1.807) is 18.2 Å². The van der Waals surface area contributed by atoms with Crippen molar-refractivity contribution in [2.24, 2.45) is 10.8 Å². The molecule has 2 rings (SSSR count). The van der Waals surface area contributed by atoms with Crippen LogP contribution in [0, 0.1) is 27.9 Å². The largest absolute Gasteiger partial charge is 0.381 e. The van der Waals surface area contributed by atoms with Crippen molar-refractivity contribution >= 4 is 11.4 Å². The van der Waals surface area contributed by atoms with Gasteiger partial charge in [0, 0.05) is 23.9 Å². The fourth-order valence-corrected chi connectivity index (χ4v) is 2.59. The van der Waals surface area contributed by atoms with Gasteiger partial charge in [0.05, 0.1) is 4.92 Å². The van der Waals surface area contributed by atoms with Crippen LogP contribution in [0.3, 0.4) is 0 Å². The molecule has 98 valence electrons. The number of rotatable bonds is 3. The van der Waals surface area contributed by atoms with Gasteiger partial charge < -0.3 is 5.32 Å². The molecule has 18 heavy (non-hydrogen) atoms. The van der Waals surface area contributed by atoms with Gasteiger partial charge in [-0.25, -0.2) is 0 Å². The number of anilines is 1. The number of benzene rings is 1. The molecule has 0 aromatic heterocycles. The Hall–Kier alpha value is -1.58. The van der Waals surface area contributed by atoms with Gasteiger partial charge in [0.15, 0.2) is 0 Å². The highest BCUT2D eigenvalue weighted by Gasteiger charge is 2.64. The molecule has 1 aromatic carbocycles. The summed E-state index contributed by atoms with van der Waals surface area (Å²) >= 11 is 0. The van der Waals surface area contributed by atoms with E-state index in [-0.39, 0.29) is 21.4 Å². The molecule has 1 fully saturated rings. The van der Waals surface area contributed by atoms with E-state index < -0.39 is 0 Å². The van der Waals surface area contributed by atoms with Crippen LogP contribution in [0.2, 0.25) is 0 Å². The van der Waals surface area contributed by atoms with E-state index >= 15 is 0 Å². The summed E-state index contributed by atoms with van der Waals surface area (Å²) in [6, 6.07) is 5.32. The van der Waals surface area contributed by atoms with Crippen molar-refractivity contribution in [3.8, 4) is 0 Å². The van der Waals surface area contributed by atoms with Crippen LogP contribution in [-0.4, -0.2) is 11.0 Å². The lowest BCUT2D eigenvalue weighted by atomic mass is 10.0. The summed E-state index contributed by atoms with van der Waals surface area (Å²) in [6.07, 6.45) is 0. The normalized spacial score (nSPS) is 20.5. The first-order valence-electron chi connectivity index (χ1n) is 6.19. The minimum atomic E-state index is -0.353. The maximum absolute atomic E-state index is 10.8. The minimum Gasteiger partial charge on any atom is -0.381 e. The molecule has 0 radical (unpaired) electrons. The monoisotopic (exact) mass is 248 g/mol. The molecule has 0 unspecified atom stereocenters. The summed E-state index contributed by atoms with van der Waals surface area (Å²) in [7, 11) is 0. The zero-order valence-corrected chi connectivity index (χ0v) is 11.6. The molecule has 1 saturated carbocycles. The predicted octanol–water partition coefficient (Wildman–Crippen LogP) is 3.75. The molecule has 0 bridgehead atoms. The Morgan fingerprint density at radius 2 is 1.78 bits per heavy atom. The zero-order valence-electron chi connectivity index (χ0n) is 11.6. The third-order valence-electron chi connectivity index (χ3n) is 4.75. The molecule has 0 heterocycles. The van der Waals surface area contributed by atoms with Gasteiger partial charge in [0.25, 0.3) is 5.69 Å². The van der Waals surface area contributed by atoms with E-state index in [1.165, 1.54) is 0 Å². The molecule has 4 nitrogen and oxygen atoms in total. The number of nitrogens with zero attached hydrogens (tertiary/aromatic N) is 1. The molecule has 1 aromatic rings. The number of nitrogens with one attached hydrogen (secondary N) is 1. The van der Waals surface area contributed by atoms with Crippen LogP contribution in [-0.2, 0) is 0 Å². The number of nitro groups is 1. The third kappa shape index (κ3) is 1.76. The van der Waals surface area contributed by atoms with E-state index in [2.05, 4.69) is 33.0 Å². The Kier molecular flexibility index (Phi) is 2.65. The Morgan fingerprint density at radius 1 is 1.22 bits per heavy atom. The lowest BCUT2D eigenvalue weighted by Crippen LogP contribution is -2.11. The fraction of sp³-hybridized carbons (Fsp3) is 0.571. The molecular weight excluding hydrogens is 228 g/mol. The van der Waals surface area contributed by atoms with Gasteiger partial charge in [-0.1, -0.05) is 33.8 Å². The molecule has 0 amide bonds. The van der Waals surface area contributed by atoms with E-state index in [4.69, 9.17) is 0 Å². The van der Waals surface area contributed by atoms with Crippen molar-refractivity contribution in [2.75, 3.05) is 5.32 Å². The lowest BCUT2D eigenvalue weighted by Gasteiger charge is -2.11.